The molecule has 0 atom stereocenters. The molecule has 1 aliphatic carbocycles. The number of nitrogens with one attached hydrogen (secondary N) is 2. The fourth-order valence-corrected chi connectivity index (χ4v) is 2.52. The van der Waals surface area contributed by atoms with Gasteiger partial charge in [-0.3, -0.25) is 10.1 Å². The van der Waals surface area contributed by atoms with Crippen molar-refractivity contribution >= 4 is 23.7 Å². The van der Waals surface area contributed by atoms with Gasteiger partial charge in [-0.2, -0.15) is 0 Å². The van der Waals surface area contributed by atoms with Gasteiger partial charge < -0.3 is 9.72 Å². The normalized spacial score (nSPS) is 13.8. The van der Waals surface area contributed by atoms with Crippen molar-refractivity contribution in [2.75, 3.05) is 12.4 Å². The summed E-state index contributed by atoms with van der Waals surface area (Å²) in [5, 5.41) is 4.25. The van der Waals surface area contributed by atoms with E-state index in [2.05, 4.69) is 27.4 Å². The van der Waals surface area contributed by atoms with Crippen LogP contribution < -0.4 is 16.0 Å². The molecular weight excluding hydrogens is 254 g/mol. The van der Waals surface area contributed by atoms with Crippen molar-refractivity contribution in [3.63, 3.8) is 0 Å². The molecule has 1 aliphatic rings. The molecule has 5 heteroatoms. The molecule has 0 unspecified atom stereocenters. The monoisotopic (exact) mass is 269 g/mol. The molecular formula is C15H15N3O2. The third-order valence-electron chi connectivity index (χ3n) is 3.43. The summed E-state index contributed by atoms with van der Waals surface area (Å²) in [6.07, 6.45) is 2.29. The molecule has 20 heavy (non-hydrogen) atoms. The van der Waals surface area contributed by atoms with Crippen LogP contribution in [0.5, 0.6) is 0 Å². The van der Waals surface area contributed by atoms with Gasteiger partial charge in [0, 0.05) is 6.42 Å². The zero-order valence-corrected chi connectivity index (χ0v) is 11.1. The van der Waals surface area contributed by atoms with E-state index in [0.717, 1.165) is 40.4 Å². The number of fused-ring (bicyclic) bond motifs is 1. The maximum absolute atomic E-state index is 10.6. The number of H-pyrrole nitrogens is 1. The molecule has 1 aromatic heterocycles. The number of imidazole rings is 1. The fourth-order valence-electron chi connectivity index (χ4n) is 2.52. The van der Waals surface area contributed by atoms with E-state index in [0.29, 0.717) is 12.4 Å². The van der Waals surface area contributed by atoms with Crippen LogP contribution >= 0.6 is 0 Å². The second-order valence-corrected chi connectivity index (χ2v) is 4.54. The molecule has 2 N–H and O–H groups in total. The van der Waals surface area contributed by atoms with E-state index < -0.39 is 0 Å². The summed E-state index contributed by atoms with van der Waals surface area (Å²) in [4.78, 5) is 18.1. The molecule has 0 saturated carbocycles. The Morgan fingerprint density at radius 2 is 2.10 bits per heavy atom. The highest BCUT2D eigenvalue weighted by atomic mass is 16.5. The largest absolute Gasteiger partial charge is 0.499 e. The fraction of sp³-hybridized carbons (Fsp3) is 0.200. The molecule has 1 amide bonds. The SMILES string of the molecule is COC1=c2[nH]c(NC=O)nc2=C(c2ccccc2)CC1. The smallest absolute Gasteiger partial charge is 0.213 e. The van der Waals surface area contributed by atoms with Crippen molar-refractivity contribution in [2.45, 2.75) is 12.8 Å². The average Bonchev–Trinajstić information content (AvgIpc) is 2.91. The minimum absolute atomic E-state index is 0.440. The lowest BCUT2D eigenvalue weighted by atomic mass is 9.97. The van der Waals surface area contributed by atoms with E-state index >= 15 is 0 Å². The Balaban J connectivity index is 2.29. The summed E-state index contributed by atoms with van der Waals surface area (Å²) in [5.74, 6) is 1.31. The predicted octanol–water partition coefficient (Wildman–Crippen LogP) is 0.725. The van der Waals surface area contributed by atoms with Crippen LogP contribution in [0.25, 0.3) is 11.3 Å². The van der Waals surface area contributed by atoms with Crippen molar-refractivity contribution in [1.82, 2.24) is 9.97 Å². The van der Waals surface area contributed by atoms with Crippen LogP contribution in [-0.4, -0.2) is 23.5 Å². The molecule has 1 aromatic carbocycles. The van der Waals surface area contributed by atoms with Gasteiger partial charge in [0.05, 0.1) is 12.5 Å². The topological polar surface area (TPSA) is 67.0 Å². The third kappa shape index (κ3) is 2.07. The van der Waals surface area contributed by atoms with Gasteiger partial charge in [0.1, 0.15) is 11.1 Å². The highest BCUT2D eigenvalue weighted by molar-refractivity contribution is 5.70. The Morgan fingerprint density at radius 3 is 2.80 bits per heavy atom. The molecule has 0 aliphatic heterocycles. The summed E-state index contributed by atoms with van der Waals surface area (Å²) in [6.45, 7) is 0. The number of hydrogen-bond acceptors (Lipinski definition) is 3. The number of benzene rings is 1. The number of aromatic amines is 1. The van der Waals surface area contributed by atoms with Gasteiger partial charge in [-0.25, -0.2) is 4.98 Å². The zero-order chi connectivity index (χ0) is 13.9. The quantitative estimate of drug-likeness (QED) is 0.804. The van der Waals surface area contributed by atoms with E-state index in [1.807, 2.05) is 18.2 Å². The standard InChI is InChI=1S/C15H15N3O2/c1-20-12-8-7-11(10-5-3-2-4-6-10)13-14(12)18-15(17-13)16-9-19/h2-6,9H,7-8H2,1H3,(H2,16,17,18,19). The Kier molecular flexibility index (Phi) is 3.25. The van der Waals surface area contributed by atoms with Crippen LogP contribution in [0.15, 0.2) is 30.3 Å². The number of anilines is 1. The van der Waals surface area contributed by atoms with Gasteiger partial charge in [0.25, 0.3) is 0 Å². The van der Waals surface area contributed by atoms with Crippen molar-refractivity contribution in [2.24, 2.45) is 0 Å². The number of rotatable bonds is 4. The van der Waals surface area contributed by atoms with Crippen molar-refractivity contribution in [3.8, 4) is 0 Å². The van der Waals surface area contributed by atoms with Crippen LogP contribution in [0.1, 0.15) is 18.4 Å². The Morgan fingerprint density at radius 1 is 1.30 bits per heavy atom. The second-order valence-electron chi connectivity index (χ2n) is 4.54. The lowest BCUT2D eigenvalue weighted by Crippen LogP contribution is -2.33. The molecule has 1 heterocycles. The van der Waals surface area contributed by atoms with E-state index in [1.54, 1.807) is 7.11 Å². The van der Waals surface area contributed by atoms with Gasteiger partial charge in [-0.1, -0.05) is 30.3 Å². The van der Waals surface area contributed by atoms with E-state index in [9.17, 15) is 4.79 Å². The first-order valence-corrected chi connectivity index (χ1v) is 6.45. The van der Waals surface area contributed by atoms with Crippen molar-refractivity contribution < 1.29 is 9.53 Å². The van der Waals surface area contributed by atoms with Gasteiger partial charge in [0.15, 0.2) is 0 Å². The number of hydrogen-bond donors (Lipinski definition) is 2. The van der Waals surface area contributed by atoms with Gasteiger partial charge in [-0.15, -0.1) is 0 Å². The summed E-state index contributed by atoms with van der Waals surface area (Å²) < 4.78 is 5.41. The molecule has 0 spiro atoms. The first-order valence-electron chi connectivity index (χ1n) is 6.45. The number of ether oxygens (including phenoxy) is 1. The number of amides is 1. The molecule has 3 rings (SSSR count). The first kappa shape index (κ1) is 12.5. The van der Waals surface area contributed by atoms with E-state index in [4.69, 9.17) is 4.74 Å². The lowest BCUT2D eigenvalue weighted by molar-refractivity contribution is -0.105. The highest BCUT2D eigenvalue weighted by Gasteiger charge is 2.16. The van der Waals surface area contributed by atoms with E-state index in [-0.39, 0.29) is 0 Å². The lowest BCUT2D eigenvalue weighted by Gasteiger charge is -2.13. The maximum Gasteiger partial charge on any atom is 0.213 e. The molecule has 0 radical (unpaired) electrons. The minimum atomic E-state index is 0.440. The summed E-state index contributed by atoms with van der Waals surface area (Å²) in [5.41, 5.74) is 2.31. The Labute approximate surface area is 116 Å². The van der Waals surface area contributed by atoms with Crippen molar-refractivity contribution in [1.29, 1.82) is 0 Å². The summed E-state index contributed by atoms with van der Waals surface area (Å²) >= 11 is 0. The molecule has 102 valence electrons. The van der Waals surface area contributed by atoms with Crippen LogP contribution in [0.3, 0.4) is 0 Å². The molecule has 0 fully saturated rings. The number of carbonyl (C=O) groups is 1. The zero-order valence-electron chi connectivity index (χ0n) is 11.1. The van der Waals surface area contributed by atoms with Gasteiger partial charge >= 0.3 is 0 Å². The average molecular weight is 269 g/mol. The Bertz CT molecular complexity index is 747. The summed E-state index contributed by atoms with van der Waals surface area (Å²) in [7, 11) is 1.65. The number of aromatic nitrogens is 2. The molecule has 5 nitrogen and oxygen atoms in total. The van der Waals surface area contributed by atoms with E-state index in [1.165, 1.54) is 0 Å². The molecule has 0 saturated heterocycles. The highest BCUT2D eigenvalue weighted by Crippen LogP contribution is 2.21. The van der Waals surface area contributed by atoms with Crippen LogP contribution in [0, 0.1) is 0 Å². The Hall–Kier alpha value is -2.56. The molecule has 2 aromatic rings. The molecule has 0 bridgehead atoms. The minimum Gasteiger partial charge on any atom is -0.499 e. The summed E-state index contributed by atoms with van der Waals surface area (Å²) in [6, 6.07) is 10.1. The van der Waals surface area contributed by atoms with Crippen molar-refractivity contribution in [3.05, 3.63) is 46.6 Å². The van der Waals surface area contributed by atoms with Crippen LogP contribution in [0.2, 0.25) is 0 Å². The number of methoxy groups -OCH3 is 1. The first-order chi connectivity index (χ1) is 9.83. The number of carbonyl (C=O) groups excluding carboxylic acids is 1. The van der Waals surface area contributed by atoms with Crippen LogP contribution in [0.4, 0.5) is 5.95 Å². The van der Waals surface area contributed by atoms with Gasteiger partial charge in [-0.05, 0) is 17.6 Å². The van der Waals surface area contributed by atoms with Gasteiger partial charge in [0.2, 0.25) is 12.4 Å². The third-order valence-corrected chi connectivity index (χ3v) is 3.43. The number of nitrogens with zero attached hydrogens (tertiary/aromatic N) is 1. The van der Waals surface area contributed by atoms with Crippen LogP contribution in [-0.2, 0) is 9.53 Å². The second kappa shape index (κ2) is 5.21. The maximum atomic E-state index is 10.6. The predicted molar refractivity (Wildman–Crippen MR) is 76.1 cm³/mol.